The number of hydrogen-bond donors (Lipinski definition) is 1. The summed E-state index contributed by atoms with van der Waals surface area (Å²) in [4.78, 5) is 12.0. The first kappa shape index (κ1) is 14.3. The van der Waals surface area contributed by atoms with Crippen LogP contribution in [0.25, 0.3) is 0 Å². The zero-order valence-corrected chi connectivity index (χ0v) is 11.2. The van der Waals surface area contributed by atoms with Crippen LogP contribution < -0.4 is 10.1 Å². The average molecular weight is 298 g/mol. The van der Waals surface area contributed by atoms with Crippen molar-refractivity contribution in [3.8, 4) is 5.75 Å². The zero-order valence-electron chi connectivity index (χ0n) is 10.4. The van der Waals surface area contributed by atoms with Crippen LogP contribution in [-0.4, -0.2) is 13.0 Å². The third-order valence-electron chi connectivity index (χ3n) is 2.54. The van der Waals surface area contributed by atoms with Crippen molar-refractivity contribution in [2.24, 2.45) is 0 Å². The van der Waals surface area contributed by atoms with E-state index in [4.69, 9.17) is 16.3 Å². The molecule has 2 aromatic carbocycles. The summed E-state index contributed by atoms with van der Waals surface area (Å²) in [5.74, 6) is -2.04. The Bertz CT molecular complexity index is 641. The fourth-order valence-electron chi connectivity index (χ4n) is 1.69. The summed E-state index contributed by atoms with van der Waals surface area (Å²) in [6, 6.07) is 7.35. The number of hydrogen-bond acceptors (Lipinski definition) is 2. The second-order valence-corrected chi connectivity index (χ2v) is 4.34. The van der Waals surface area contributed by atoms with Gasteiger partial charge in [-0.1, -0.05) is 17.7 Å². The number of rotatable bonds is 3. The third kappa shape index (κ3) is 3.05. The number of nitrogens with one attached hydrogen (secondary N) is 1. The standard InChI is InChI=1S/C14H10ClF2NO2/c1-20-13-11(15)3-2-4-12(13)18-14(19)8-5-9(16)7-10(17)6-8/h2-7H,1H3,(H,18,19). The lowest BCUT2D eigenvalue weighted by Gasteiger charge is -2.11. The lowest BCUT2D eigenvalue weighted by molar-refractivity contribution is 0.102. The SMILES string of the molecule is COc1c(Cl)cccc1NC(=O)c1cc(F)cc(F)c1. The second-order valence-electron chi connectivity index (χ2n) is 3.93. The fourth-order valence-corrected chi connectivity index (χ4v) is 1.95. The Morgan fingerprint density at radius 2 is 1.85 bits per heavy atom. The Balaban J connectivity index is 2.30. The van der Waals surface area contributed by atoms with Crippen molar-refractivity contribution in [1.82, 2.24) is 0 Å². The first-order chi connectivity index (χ1) is 9.51. The number of para-hydroxylation sites is 1. The minimum Gasteiger partial charge on any atom is -0.493 e. The van der Waals surface area contributed by atoms with Gasteiger partial charge in [-0.2, -0.15) is 0 Å². The molecule has 0 spiro atoms. The Labute approximate surface area is 119 Å². The summed E-state index contributed by atoms with van der Waals surface area (Å²) < 4.78 is 31.2. The molecule has 0 unspecified atom stereocenters. The van der Waals surface area contributed by atoms with Gasteiger partial charge >= 0.3 is 0 Å². The number of halogens is 3. The molecule has 1 amide bonds. The normalized spacial score (nSPS) is 10.2. The van der Waals surface area contributed by atoms with Crippen LogP contribution in [0.1, 0.15) is 10.4 Å². The van der Waals surface area contributed by atoms with E-state index >= 15 is 0 Å². The van der Waals surface area contributed by atoms with E-state index < -0.39 is 17.5 Å². The van der Waals surface area contributed by atoms with Crippen molar-refractivity contribution in [3.05, 3.63) is 58.6 Å². The lowest BCUT2D eigenvalue weighted by atomic mass is 10.2. The highest BCUT2D eigenvalue weighted by molar-refractivity contribution is 6.32. The van der Waals surface area contributed by atoms with Crippen LogP contribution in [0.3, 0.4) is 0 Å². The van der Waals surface area contributed by atoms with Crippen molar-refractivity contribution < 1.29 is 18.3 Å². The Hall–Kier alpha value is -2.14. The number of benzene rings is 2. The maximum Gasteiger partial charge on any atom is 0.255 e. The largest absolute Gasteiger partial charge is 0.493 e. The van der Waals surface area contributed by atoms with E-state index in [0.29, 0.717) is 16.8 Å². The Morgan fingerprint density at radius 1 is 1.20 bits per heavy atom. The van der Waals surface area contributed by atoms with Gasteiger partial charge in [-0.05, 0) is 24.3 Å². The molecule has 2 rings (SSSR count). The minimum atomic E-state index is -0.826. The molecule has 0 aromatic heterocycles. The smallest absolute Gasteiger partial charge is 0.255 e. The van der Waals surface area contributed by atoms with Gasteiger partial charge in [0.2, 0.25) is 0 Å². The molecule has 3 nitrogen and oxygen atoms in total. The first-order valence-corrected chi connectivity index (χ1v) is 5.99. The molecule has 20 heavy (non-hydrogen) atoms. The van der Waals surface area contributed by atoms with E-state index in [-0.39, 0.29) is 11.3 Å². The van der Waals surface area contributed by atoms with Crippen molar-refractivity contribution in [3.63, 3.8) is 0 Å². The second kappa shape index (κ2) is 5.88. The van der Waals surface area contributed by atoms with Crippen LogP contribution >= 0.6 is 11.6 Å². The van der Waals surface area contributed by atoms with Gasteiger partial charge in [0.1, 0.15) is 11.6 Å². The van der Waals surface area contributed by atoms with Crippen LogP contribution in [0, 0.1) is 11.6 Å². The maximum atomic E-state index is 13.1. The predicted octanol–water partition coefficient (Wildman–Crippen LogP) is 3.88. The molecule has 0 radical (unpaired) electrons. The summed E-state index contributed by atoms with van der Waals surface area (Å²) in [5.41, 5.74) is 0.180. The summed E-state index contributed by atoms with van der Waals surface area (Å²) >= 11 is 5.91. The molecule has 0 saturated carbocycles. The monoisotopic (exact) mass is 297 g/mol. The molecule has 0 aliphatic heterocycles. The molecule has 0 aliphatic carbocycles. The molecule has 0 fully saturated rings. The van der Waals surface area contributed by atoms with Crippen molar-refractivity contribution in [2.45, 2.75) is 0 Å². The lowest BCUT2D eigenvalue weighted by Crippen LogP contribution is -2.13. The number of carbonyl (C=O) groups is 1. The molecular weight excluding hydrogens is 288 g/mol. The average Bonchev–Trinajstić information content (AvgIpc) is 2.37. The van der Waals surface area contributed by atoms with E-state index in [9.17, 15) is 13.6 Å². The van der Waals surface area contributed by atoms with Gasteiger partial charge in [0.15, 0.2) is 5.75 Å². The van der Waals surface area contributed by atoms with Crippen LogP contribution in [0.15, 0.2) is 36.4 Å². The van der Waals surface area contributed by atoms with Gasteiger partial charge in [0.05, 0.1) is 17.8 Å². The molecule has 1 N–H and O–H groups in total. The molecular formula is C14H10ClF2NO2. The maximum absolute atomic E-state index is 13.1. The Morgan fingerprint density at radius 3 is 2.45 bits per heavy atom. The molecule has 0 saturated heterocycles. The van der Waals surface area contributed by atoms with Gasteiger partial charge in [-0.3, -0.25) is 4.79 Å². The summed E-state index contributed by atoms with van der Waals surface area (Å²) in [6.45, 7) is 0. The first-order valence-electron chi connectivity index (χ1n) is 5.61. The van der Waals surface area contributed by atoms with Gasteiger partial charge in [0, 0.05) is 11.6 Å². The van der Waals surface area contributed by atoms with E-state index in [0.717, 1.165) is 12.1 Å². The van der Waals surface area contributed by atoms with Crippen LogP contribution in [0.2, 0.25) is 5.02 Å². The third-order valence-corrected chi connectivity index (χ3v) is 2.84. The van der Waals surface area contributed by atoms with Gasteiger partial charge in [-0.15, -0.1) is 0 Å². The molecule has 0 heterocycles. The van der Waals surface area contributed by atoms with Gasteiger partial charge < -0.3 is 10.1 Å². The van der Waals surface area contributed by atoms with E-state index in [1.54, 1.807) is 18.2 Å². The van der Waals surface area contributed by atoms with Crippen molar-refractivity contribution >= 4 is 23.2 Å². The number of methoxy groups -OCH3 is 1. The zero-order chi connectivity index (χ0) is 14.7. The molecule has 0 bridgehead atoms. The minimum absolute atomic E-state index is 0.135. The predicted molar refractivity (Wildman–Crippen MR) is 72.3 cm³/mol. The number of anilines is 1. The Kier molecular flexibility index (Phi) is 4.20. The van der Waals surface area contributed by atoms with Crippen molar-refractivity contribution in [2.75, 3.05) is 12.4 Å². The number of carbonyl (C=O) groups excluding carboxylic acids is 1. The molecule has 0 atom stereocenters. The van der Waals surface area contributed by atoms with E-state index in [2.05, 4.69) is 5.32 Å². The van der Waals surface area contributed by atoms with Crippen molar-refractivity contribution in [1.29, 1.82) is 0 Å². The highest BCUT2D eigenvalue weighted by atomic mass is 35.5. The van der Waals surface area contributed by atoms with Crippen LogP contribution in [0.5, 0.6) is 5.75 Å². The highest BCUT2D eigenvalue weighted by Crippen LogP contribution is 2.32. The molecule has 2 aromatic rings. The highest BCUT2D eigenvalue weighted by Gasteiger charge is 2.13. The number of amides is 1. The number of ether oxygens (including phenoxy) is 1. The quantitative estimate of drug-likeness (QED) is 0.933. The van der Waals surface area contributed by atoms with Gasteiger partial charge in [0.25, 0.3) is 5.91 Å². The fraction of sp³-hybridized carbons (Fsp3) is 0.0714. The van der Waals surface area contributed by atoms with Gasteiger partial charge in [-0.25, -0.2) is 8.78 Å². The summed E-state index contributed by atoms with van der Waals surface area (Å²) in [6.07, 6.45) is 0. The van der Waals surface area contributed by atoms with E-state index in [1.165, 1.54) is 7.11 Å². The summed E-state index contributed by atoms with van der Waals surface area (Å²) in [7, 11) is 1.40. The molecule has 104 valence electrons. The molecule has 6 heteroatoms. The van der Waals surface area contributed by atoms with Crippen LogP contribution in [0.4, 0.5) is 14.5 Å². The van der Waals surface area contributed by atoms with E-state index in [1.807, 2.05) is 0 Å². The summed E-state index contributed by atoms with van der Waals surface area (Å²) in [5, 5.41) is 2.81. The topological polar surface area (TPSA) is 38.3 Å². The van der Waals surface area contributed by atoms with Crippen LogP contribution in [-0.2, 0) is 0 Å². The molecule has 0 aliphatic rings.